The van der Waals surface area contributed by atoms with Gasteiger partial charge < -0.3 is 25.7 Å². The number of aromatic nitrogens is 4. The molecule has 3 aromatic rings. The highest BCUT2D eigenvalue weighted by Gasteiger charge is 2.11. The van der Waals surface area contributed by atoms with Gasteiger partial charge in [0.05, 0.1) is 11.7 Å². The number of anilines is 1. The Morgan fingerprint density at radius 3 is 2.76 bits per heavy atom. The molecule has 0 radical (unpaired) electrons. The van der Waals surface area contributed by atoms with Gasteiger partial charge in [0.2, 0.25) is 0 Å². The lowest BCUT2D eigenvalue weighted by Gasteiger charge is -2.11. The molecule has 0 amide bonds. The minimum absolute atomic E-state index is 0.0710. The molecule has 0 fully saturated rings. The highest BCUT2D eigenvalue weighted by atomic mass is 32.2. The van der Waals surface area contributed by atoms with Gasteiger partial charge in [-0.15, -0.1) is 0 Å². The minimum Gasteiger partial charge on any atom is -0.491 e. The van der Waals surface area contributed by atoms with Crippen molar-refractivity contribution in [3.63, 3.8) is 0 Å². The van der Waals surface area contributed by atoms with Gasteiger partial charge in [0.15, 0.2) is 16.6 Å². The number of nitrogens with one attached hydrogen (secondary N) is 1. The molecule has 2 heterocycles. The van der Waals surface area contributed by atoms with Crippen molar-refractivity contribution >= 4 is 34.7 Å². The SMILES string of the molecule is Nc1ncnc2nc(SCC(O)COc3ccc(C(=O)O)cc3)[nH]c12. The number of nitrogens with two attached hydrogens (primary N) is 1. The molecular weight excluding hydrogens is 346 g/mol. The number of hydrogen-bond donors (Lipinski definition) is 4. The molecule has 25 heavy (non-hydrogen) atoms. The number of aromatic amines is 1. The van der Waals surface area contributed by atoms with E-state index in [1.807, 2.05) is 0 Å². The smallest absolute Gasteiger partial charge is 0.335 e. The number of imidazole rings is 1. The van der Waals surface area contributed by atoms with Crippen molar-refractivity contribution in [1.82, 2.24) is 19.9 Å². The van der Waals surface area contributed by atoms with Gasteiger partial charge in [0.1, 0.15) is 24.2 Å². The maximum atomic E-state index is 10.8. The van der Waals surface area contributed by atoms with Crippen molar-refractivity contribution in [2.75, 3.05) is 18.1 Å². The molecule has 0 aliphatic carbocycles. The average molecular weight is 361 g/mol. The number of rotatable bonds is 7. The third-order valence-corrected chi connectivity index (χ3v) is 4.27. The number of aliphatic hydroxyl groups excluding tert-OH is 1. The lowest BCUT2D eigenvalue weighted by molar-refractivity contribution is 0.0696. The number of benzene rings is 1. The van der Waals surface area contributed by atoms with Crippen molar-refractivity contribution in [2.45, 2.75) is 11.3 Å². The number of carboxylic acids is 1. The highest BCUT2D eigenvalue weighted by molar-refractivity contribution is 7.99. The molecule has 0 bridgehead atoms. The Morgan fingerprint density at radius 2 is 2.08 bits per heavy atom. The van der Waals surface area contributed by atoms with Crippen LogP contribution in [0.15, 0.2) is 35.7 Å². The van der Waals surface area contributed by atoms with Gasteiger partial charge >= 0.3 is 5.97 Å². The summed E-state index contributed by atoms with van der Waals surface area (Å²) in [5.74, 6) is 0.151. The quantitative estimate of drug-likeness (QED) is 0.455. The van der Waals surface area contributed by atoms with E-state index in [9.17, 15) is 9.90 Å². The van der Waals surface area contributed by atoms with Crippen LogP contribution in [0.5, 0.6) is 5.75 Å². The molecular formula is C15H15N5O4S. The van der Waals surface area contributed by atoms with Crippen LogP contribution in [0.2, 0.25) is 0 Å². The molecule has 1 atom stereocenters. The number of nitrogens with zero attached hydrogens (tertiary/aromatic N) is 3. The Balaban J connectivity index is 1.51. The number of hydrogen-bond acceptors (Lipinski definition) is 8. The molecule has 5 N–H and O–H groups in total. The molecule has 10 heteroatoms. The molecule has 130 valence electrons. The van der Waals surface area contributed by atoms with Gasteiger partial charge in [-0.3, -0.25) is 0 Å². The van der Waals surface area contributed by atoms with Crippen LogP contribution in [-0.4, -0.2) is 54.6 Å². The summed E-state index contributed by atoms with van der Waals surface area (Å²) in [6.07, 6.45) is 0.603. The third-order valence-electron chi connectivity index (χ3n) is 3.25. The number of carbonyl (C=O) groups is 1. The first kappa shape index (κ1) is 17.0. The van der Waals surface area contributed by atoms with E-state index in [0.717, 1.165) is 0 Å². The van der Waals surface area contributed by atoms with Gasteiger partial charge in [-0.25, -0.2) is 19.7 Å². The van der Waals surface area contributed by atoms with Crippen LogP contribution in [0.4, 0.5) is 5.82 Å². The van der Waals surface area contributed by atoms with Crippen LogP contribution >= 0.6 is 11.8 Å². The number of aromatic carboxylic acids is 1. The monoisotopic (exact) mass is 361 g/mol. The van der Waals surface area contributed by atoms with Crippen molar-refractivity contribution < 1.29 is 19.7 Å². The lowest BCUT2D eigenvalue weighted by Crippen LogP contribution is -2.20. The summed E-state index contributed by atoms with van der Waals surface area (Å²) < 4.78 is 5.44. The number of ether oxygens (including phenoxy) is 1. The van der Waals surface area contributed by atoms with E-state index in [2.05, 4.69) is 19.9 Å². The standard InChI is InChI=1S/C15H15N5O4S/c16-12-11-13(18-7-17-12)20-15(19-11)25-6-9(21)5-24-10-3-1-8(2-4-10)14(22)23/h1-4,7,9,21H,5-6H2,(H,22,23)(H3,16,17,18,19,20). The normalized spacial score (nSPS) is 12.2. The maximum Gasteiger partial charge on any atom is 0.335 e. The molecule has 0 aliphatic heterocycles. The zero-order chi connectivity index (χ0) is 17.8. The first-order chi connectivity index (χ1) is 12.0. The number of fused-ring (bicyclic) bond motifs is 1. The molecule has 0 aliphatic rings. The van der Waals surface area contributed by atoms with E-state index in [0.29, 0.717) is 33.6 Å². The van der Waals surface area contributed by atoms with Gasteiger partial charge in [-0.2, -0.15) is 0 Å². The van der Waals surface area contributed by atoms with Crippen molar-refractivity contribution in [1.29, 1.82) is 0 Å². The molecule has 1 unspecified atom stereocenters. The molecule has 0 spiro atoms. The summed E-state index contributed by atoms with van der Waals surface area (Å²) in [6, 6.07) is 5.98. The summed E-state index contributed by atoms with van der Waals surface area (Å²) in [4.78, 5) is 25.9. The molecule has 9 nitrogen and oxygen atoms in total. The Morgan fingerprint density at radius 1 is 1.32 bits per heavy atom. The van der Waals surface area contributed by atoms with Crippen LogP contribution in [0.3, 0.4) is 0 Å². The summed E-state index contributed by atoms with van der Waals surface area (Å²) in [5, 5.41) is 19.4. The highest BCUT2D eigenvalue weighted by Crippen LogP contribution is 2.21. The topological polar surface area (TPSA) is 147 Å². The van der Waals surface area contributed by atoms with E-state index in [-0.39, 0.29) is 12.2 Å². The summed E-state index contributed by atoms with van der Waals surface area (Å²) in [7, 11) is 0. The maximum absolute atomic E-state index is 10.8. The number of thioether (sulfide) groups is 1. The second kappa shape index (κ2) is 7.36. The van der Waals surface area contributed by atoms with Crippen LogP contribution in [-0.2, 0) is 0 Å². The molecule has 0 saturated carbocycles. The second-order valence-electron chi connectivity index (χ2n) is 5.10. The van der Waals surface area contributed by atoms with Gasteiger partial charge in [-0.05, 0) is 24.3 Å². The number of carboxylic acid groups (broad SMARTS) is 1. The first-order valence-corrected chi connectivity index (χ1v) is 8.24. The van der Waals surface area contributed by atoms with Crippen molar-refractivity contribution in [3.05, 3.63) is 36.2 Å². The largest absolute Gasteiger partial charge is 0.491 e. The van der Waals surface area contributed by atoms with Crippen molar-refractivity contribution in [2.24, 2.45) is 0 Å². The van der Waals surface area contributed by atoms with Gasteiger partial charge in [0.25, 0.3) is 0 Å². The summed E-state index contributed by atoms with van der Waals surface area (Å²) >= 11 is 1.31. The van der Waals surface area contributed by atoms with Crippen LogP contribution in [0, 0.1) is 0 Å². The summed E-state index contributed by atoms with van der Waals surface area (Å²) in [6.45, 7) is 0.0710. The Bertz CT molecular complexity index is 883. The van der Waals surface area contributed by atoms with Crippen LogP contribution < -0.4 is 10.5 Å². The summed E-state index contributed by atoms with van der Waals surface area (Å²) in [5.41, 5.74) is 6.94. The zero-order valence-electron chi connectivity index (χ0n) is 12.9. The zero-order valence-corrected chi connectivity index (χ0v) is 13.7. The Labute approximate surface area is 146 Å². The molecule has 1 aromatic carbocycles. The fraction of sp³-hybridized carbons (Fsp3) is 0.200. The Hall–Kier alpha value is -2.85. The van der Waals surface area contributed by atoms with Crippen molar-refractivity contribution in [3.8, 4) is 5.75 Å². The van der Waals surface area contributed by atoms with E-state index >= 15 is 0 Å². The lowest BCUT2D eigenvalue weighted by atomic mass is 10.2. The van der Waals surface area contributed by atoms with E-state index in [4.69, 9.17) is 15.6 Å². The van der Waals surface area contributed by atoms with Gasteiger partial charge in [0, 0.05) is 5.75 Å². The second-order valence-corrected chi connectivity index (χ2v) is 6.11. The first-order valence-electron chi connectivity index (χ1n) is 7.26. The minimum atomic E-state index is -1.00. The van der Waals surface area contributed by atoms with E-state index in [1.165, 1.54) is 30.2 Å². The number of H-pyrrole nitrogens is 1. The fourth-order valence-corrected chi connectivity index (χ4v) is 2.77. The Kier molecular flexibility index (Phi) is 5.00. The number of aliphatic hydroxyl groups is 1. The predicted octanol–water partition coefficient (Wildman–Crippen LogP) is 1.17. The molecule has 3 rings (SSSR count). The van der Waals surface area contributed by atoms with Crippen LogP contribution in [0.25, 0.3) is 11.2 Å². The van der Waals surface area contributed by atoms with Gasteiger partial charge in [-0.1, -0.05) is 11.8 Å². The number of nitrogen functional groups attached to an aromatic ring is 1. The van der Waals surface area contributed by atoms with E-state index in [1.54, 1.807) is 12.1 Å². The molecule has 2 aromatic heterocycles. The third kappa shape index (κ3) is 4.17. The van der Waals surface area contributed by atoms with Crippen LogP contribution in [0.1, 0.15) is 10.4 Å². The van der Waals surface area contributed by atoms with E-state index < -0.39 is 12.1 Å². The molecule has 0 saturated heterocycles. The predicted molar refractivity (Wildman–Crippen MR) is 91.7 cm³/mol. The average Bonchev–Trinajstić information content (AvgIpc) is 3.03. The fourth-order valence-electron chi connectivity index (χ4n) is 2.00.